The average Bonchev–Trinajstić information content (AvgIpc) is 2.50. The van der Waals surface area contributed by atoms with Crippen molar-refractivity contribution < 1.29 is 5.11 Å². The quantitative estimate of drug-likeness (QED) is 0.936. The number of fused-ring (bicyclic) bond motifs is 1. The summed E-state index contributed by atoms with van der Waals surface area (Å²) < 4.78 is 0. The normalized spacial score (nSPS) is 22.8. The van der Waals surface area contributed by atoms with E-state index in [-0.39, 0.29) is 6.10 Å². The summed E-state index contributed by atoms with van der Waals surface area (Å²) in [6.07, 6.45) is 6.04. The maximum Gasteiger partial charge on any atom is 0.0705 e. The number of nitrogens with zero attached hydrogens (tertiary/aromatic N) is 2. The number of aliphatic hydroxyl groups excluding tert-OH is 1. The van der Waals surface area contributed by atoms with Gasteiger partial charge in [0.2, 0.25) is 0 Å². The second kappa shape index (κ2) is 6.54. The Labute approximate surface area is 126 Å². The molecule has 1 aromatic carbocycles. The van der Waals surface area contributed by atoms with Gasteiger partial charge in [0.25, 0.3) is 0 Å². The molecule has 0 amide bonds. The van der Waals surface area contributed by atoms with Crippen molar-refractivity contribution in [2.24, 2.45) is 5.92 Å². The lowest BCUT2D eigenvalue weighted by molar-refractivity contribution is 0.0968. The fourth-order valence-electron chi connectivity index (χ4n) is 3.43. The Morgan fingerprint density at radius 3 is 2.76 bits per heavy atom. The highest BCUT2D eigenvalue weighted by Gasteiger charge is 2.20. The molecule has 0 spiro atoms. The van der Waals surface area contributed by atoms with Crippen LogP contribution in [0.5, 0.6) is 0 Å². The predicted octanol–water partition coefficient (Wildman–Crippen LogP) is 3.22. The van der Waals surface area contributed by atoms with Crippen LogP contribution in [0.2, 0.25) is 0 Å². The number of hydrogen-bond acceptors (Lipinski definition) is 3. The Hall–Kier alpha value is -1.45. The van der Waals surface area contributed by atoms with Gasteiger partial charge in [-0.1, -0.05) is 18.2 Å². The third-order valence-electron chi connectivity index (χ3n) is 4.56. The molecule has 1 saturated carbocycles. The van der Waals surface area contributed by atoms with Gasteiger partial charge in [-0.05, 0) is 56.3 Å². The monoisotopic (exact) mass is 284 g/mol. The molecule has 21 heavy (non-hydrogen) atoms. The molecule has 3 rings (SSSR count). The molecule has 0 unspecified atom stereocenters. The fraction of sp³-hybridized carbons (Fsp3) is 0.500. The van der Waals surface area contributed by atoms with E-state index < -0.39 is 0 Å². The SMILES string of the molecule is CN(Cc1cccc2ncccc12)CC1CCC(O)CC1. The van der Waals surface area contributed by atoms with Crippen molar-refractivity contribution in [2.75, 3.05) is 13.6 Å². The molecule has 0 bridgehead atoms. The molecule has 0 atom stereocenters. The zero-order valence-corrected chi connectivity index (χ0v) is 12.7. The van der Waals surface area contributed by atoms with Crippen molar-refractivity contribution in [3.63, 3.8) is 0 Å². The van der Waals surface area contributed by atoms with Gasteiger partial charge in [-0.2, -0.15) is 0 Å². The van der Waals surface area contributed by atoms with Crippen LogP contribution >= 0.6 is 0 Å². The van der Waals surface area contributed by atoms with Gasteiger partial charge in [-0.15, -0.1) is 0 Å². The molecular weight excluding hydrogens is 260 g/mol. The van der Waals surface area contributed by atoms with Gasteiger partial charge in [-0.25, -0.2) is 0 Å². The van der Waals surface area contributed by atoms with Gasteiger partial charge in [0.05, 0.1) is 11.6 Å². The van der Waals surface area contributed by atoms with E-state index in [1.54, 1.807) is 0 Å². The summed E-state index contributed by atoms with van der Waals surface area (Å²) in [4.78, 5) is 6.83. The summed E-state index contributed by atoms with van der Waals surface area (Å²) in [5, 5.41) is 10.8. The zero-order chi connectivity index (χ0) is 14.7. The second-order valence-electron chi connectivity index (χ2n) is 6.36. The van der Waals surface area contributed by atoms with Crippen LogP contribution in [0.4, 0.5) is 0 Å². The summed E-state index contributed by atoms with van der Waals surface area (Å²) in [6, 6.07) is 10.5. The first-order valence-electron chi connectivity index (χ1n) is 7.91. The molecule has 0 saturated heterocycles. The number of aliphatic hydroxyl groups is 1. The van der Waals surface area contributed by atoms with Crippen molar-refractivity contribution in [1.82, 2.24) is 9.88 Å². The molecule has 1 heterocycles. The summed E-state index contributed by atoms with van der Waals surface area (Å²) in [5.41, 5.74) is 2.42. The number of benzene rings is 1. The van der Waals surface area contributed by atoms with E-state index in [2.05, 4.69) is 41.2 Å². The van der Waals surface area contributed by atoms with Crippen molar-refractivity contribution in [2.45, 2.75) is 38.3 Å². The maximum atomic E-state index is 9.59. The summed E-state index contributed by atoms with van der Waals surface area (Å²) in [6.45, 7) is 2.07. The Balaban J connectivity index is 1.65. The lowest BCUT2D eigenvalue weighted by Crippen LogP contribution is -2.29. The molecule has 1 aromatic heterocycles. The highest BCUT2D eigenvalue weighted by Crippen LogP contribution is 2.25. The zero-order valence-electron chi connectivity index (χ0n) is 12.7. The van der Waals surface area contributed by atoms with Crippen LogP contribution < -0.4 is 0 Å². The first-order valence-corrected chi connectivity index (χ1v) is 7.91. The minimum atomic E-state index is -0.0595. The van der Waals surface area contributed by atoms with Crippen molar-refractivity contribution in [3.05, 3.63) is 42.1 Å². The topological polar surface area (TPSA) is 36.4 Å². The fourth-order valence-corrected chi connectivity index (χ4v) is 3.43. The molecule has 2 aromatic rings. The van der Waals surface area contributed by atoms with E-state index in [4.69, 9.17) is 0 Å². The van der Waals surface area contributed by atoms with E-state index in [1.807, 2.05) is 12.3 Å². The van der Waals surface area contributed by atoms with Crippen LogP contribution in [0.25, 0.3) is 10.9 Å². The smallest absolute Gasteiger partial charge is 0.0705 e. The number of hydrogen-bond donors (Lipinski definition) is 1. The second-order valence-corrected chi connectivity index (χ2v) is 6.36. The molecular formula is C18H24N2O. The van der Waals surface area contributed by atoms with Gasteiger partial charge in [-0.3, -0.25) is 4.98 Å². The number of pyridine rings is 1. The van der Waals surface area contributed by atoms with E-state index in [0.717, 1.165) is 50.2 Å². The molecule has 3 heteroatoms. The minimum Gasteiger partial charge on any atom is -0.393 e. The highest BCUT2D eigenvalue weighted by atomic mass is 16.3. The Morgan fingerprint density at radius 2 is 1.95 bits per heavy atom. The molecule has 1 aliphatic carbocycles. The Morgan fingerprint density at radius 1 is 1.14 bits per heavy atom. The summed E-state index contributed by atoms with van der Waals surface area (Å²) in [5.74, 6) is 0.728. The standard InChI is InChI=1S/C18H24N2O/c1-20(12-14-7-9-16(21)10-8-14)13-15-4-2-6-18-17(15)5-3-11-19-18/h2-6,11,14,16,21H,7-10,12-13H2,1H3. The molecule has 1 N–H and O–H groups in total. The van der Waals surface area contributed by atoms with Crippen LogP contribution in [0.15, 0.2) is 36.5 Å². The largest absolute Gasteiger partial charge is 0.393 e. The van der Waals surface area contributed by atoms with Crippen LogP contribution in [-0.4, -0.2) is 34.7 Å². The highest BCUT2D eigenvalue weighted by molar-refractivity contribution is 5.81. The van der Waals surface area contributed by atoms with Gasteiger partial charge in [0, 0.05) is 24.7 Å². The number of aromatic nitrogens is 1. The molecule has 0 aliphatic heterocycles. The Bertz CT molecular complexity index is 585. The van der Waals surface area contributed by atoms with Crippen LogP contribution in [0, 0.1) is 5.92 Å². The maximum absolute atomic E-state index is 9.59. The molecule has 112 valence electrons. The lowest BCUT2D eigenvalue weighted by Gasteiger charge is -2.29. The molecule has 1 fully saturated rings. The summed E-state index contributed by atoms with van der Waals surface area (Å²) in [7, 11) is 2.19. The van der Waals surface area contributed by atoms with E-state index in [0.29, 0.717) is 0 Å². The molecule has 0 radical (unpaired) electrons. The van der Waals surface area contributed by atoms with Crippen molar-refractivity contribution >= 4 is 10.9 Å². The van der Waals surface area contributed by atoms with Gasteiger partial charge < -0.3 is 10.0 Å². The van der Waals surface area contributed by atoms with Crippen LogP contribution in [0.1, 0.15) is 31.2 Å². The third-order valence-corrected chi connectivity index (χ3v) is 4.56. The van der Waals surface area contributed by atoms with Gasteiger partial charge >= 0.3 is 0 Å². The minimum absolute atomic E-state index is 0.0595. The van der Waals surface area contributed by atoms with Crippen LogP contribution in [0.3, 0.4) is 0 Å². The van der Waals surface area contributed by atoms with Crippen molar-refractivity contribution in [1.29, 1.82) is 0 Å². The van der Waals surface area contributed by atoms with E-state index in [1.165, 1.54) is 10.9 Å². The van der Waals surface area contributed by atoms with E-state index >= 15 is 0 Å². The average molecular weight is 284 g/mol. The molecule has 1 aliphatic rings. The predicted molar refractivity (Wildman–Crippen MR) is 86.0 cm³/mol. The van der Waals surface area contributed by atoms with Gasteiger partial charge in [0.1, 0.15) is 0 Å². The first kappa shape index (κ1) is 14.5. The summed E-state index contributed by atoms with van der Waals surface area (Å²) >= 11 is 0. The van der Waals surface area contributed by atoms with Crippen LogP contribution in [-0.2, 0) is 6.54 Å². The van der Waals surface area contributed by atoms with Gasteiger partial charge in [0.15, 0.2) is 0 Å². The lowest BCUT2D eigenvalue weighted by atomic mass is 9.87. The third kappa shape index (κ3) is 3.60. The Kier molecular flexibility index (Phi) is 4.51. The number of rotatable bonds is 4. The molecule has 3 nitrogen and oxygen atoms in total. The van der Waals surface area contributed by atoms with E-state index in [9.17, 15) is 5.11 Å². The first-order chi connectivity index (χ1) is 10.2. The van der Waals surface area contributed by atoms with Crippen molar-refractivity contribution in [3.8, 4) is 0 Å².